The molecule has 0 atom stereocenters. The number of ketones is 1. The lowest BCUT2D eigenvalue weighted by Crippen LogP contribution is -2.05. The number of carboxylic acid groups (broad SMARTS) is 1. The Balaban J connectivity index is 0.00000139. The molecule has 4 nitrogen and oxygen atoms in total. The van der Waals surface area contributed by atoms with E-state index in [-0.39, 0.29) is 22.0 Å². The molecular weight excluding hydrogens is 329 g/mol. The zero-order chi connectivity index (χ0) is 18.4. The smallest absolute Gasteiger partial charge is 0.339 e. The van der Waals surface area contributed by atoms with Crippen LogP contribution in [0.5, 0.6) is 0 Å². The number of Topliss-reactive ketones (excluding diaryl/α,β-unsaturated/α-hetero) is 1. The molecule has 1 aromatic carbocycles. The predicted molar refractivity (Wildman–Crippen MR) is 96.4 cm³/mol. The van der Waals surface area contributed by atoms with Crippen LogP contribution in [0.2, 0.25) is 0 Å². The first-order valence-corrected chi connectivity index (χ1v) is 8.59. The van der Waals surface area contributed by atoms with Crippen molar-refractivity contribution in [2.45, 2.75) is 41.0 Å². The van der Waals surface area contributed by atoms with E-state index in [2.05, 4.69) is 5.32 Å². The number of carbonyl (C=O) groups excluding carboxylic acids is 1. The van der Waals surface area contributed by atoms with Gasteiger partial charge in [0, 0.05) is 0 Å². The first-order valence-electron chi connectivity index (χ1n) is 7.78. The average molecular weight is 351 g/mol. The Morgan fingerprint density at radius 2 is 1.92 bits per heavy atom. The van der Waals surface area contributed by atoms with Crippen LogP contribution < -0.4 is 5.32 Å². The largest absolute Gasteiger partial charge is 0.478 e. The summed E-state index contributed by atoms with van der Waals surface area (Å²) in [5, 5.41) is 12.5. The van der Waals surface area contributed by atoms with E-state index in [0.717, 1.165) is 16.9 Å². The number of anilines is 2. The fourth-order valence-corrected chi connectivity index (χ4v) is 3.44. The van der Waals surface area contributed by atoms with Gasteiger partial charge in [0.1, 0.15) is 10.8 Å². The summed E-state index contributed by atoms with van der Waals surface area (Å²) in [7, 11) is 0. The molecule has 0 saturated heterocycles. The van der Waals surface area contributed by atoms with Crippen LogP contribution in [0.25, 0.3) is 0 Å². The van der Waals surface area contributed by atoms with Crippen molar-refractivity contribution in [2.24, 2.45) is 0 Å². The first kappa shape index (κ1) is 19.8. The standard InChI is InChI=1S/C16H16FNO3S.C2H6/c1-4-10-13(16(20)21)15(22-14(10)9(3)19)18-12-6-5-8(2)7-11(12)17;1-2/h5-7,18H,4H2,1-3H3,(H,20,21);1-2H3. The highest BCUT2D eigenvalue weighted by atomic mass is 32.1. The number of rotatable bonds is 5. The number of hydrogen-bond donors (Lipinski definition) is 2. The van der Waals surface area contributed by atoms with Crippen LogP contribution in [0.3, 0.4) is 0 Å². The Morgan fingerprint density at radius 1 is 1.29 bits per heavy atom. The normalized spacial score (nSPS) is 9.92. The summed E-state index contributed by atoms with van der Waals surface area (Å²) in [6.45, 7) is 8.95. The van der Waals surface area contributed by atoms with E-state index in [4.69, 9.17) is 0 Å². The average Bonchev–Trinajstić information content (AvgIpc) is 2.91. The highest BCUT2D eigenvalue weighted by Crippen LogP contribution is 2.36. The van der Waals surface area contributed by atoms with Gasteiger partial charge in [-0.25, -0.2) is 9.18 Å². The number of nitrogens with one attached hydrogen (secondary N) is 1. The van der Waals surface area contributed by atoms with E-state index >= 15 is 0 Å². The molecule has 0 amide bonds. The quantitative estimate of drug-likeness (QED) is 0.705. The second kappa shape index (κ2) is 8.59. The molecule has 0 aliphatic carbocycles. The van der Waals surface area contributed by atoms with Gasteiger partial charge in [0.15, 0.2) is 5.78 Å². The SMILES string of the molecule is CC.CCc1c(C(C)=O)sc(Nc2ccc(C)cc2F)c1C(=O)O. The van der Waals surface area contributed by atoms with Crippen molar-refractivity contribution in [3.63, 3.8) is 0 Å². The third kappa shape index (κ3) is 4.20. The molecule has 0 bridgehead atoms. The highest BCUT2D eigenvalue weighted by molar-refractivity contribution is 7.18. The van der Waals surface area contributed by atoms with Crippen LogP contribution in [0.4, 0.5) is 15.1 Å². The number of benzene rings is 1. The van der Waals surface area contributed by atoms with Gasteiger partial charge in [-0.1, -0.05) is 26.8 Å². The summed E-state index contributed by atoms with van der Waals surface area (Å²) in [5.74, 6) is -1.79. The number of halogens is 1. The van der Waals surface area contributed by atoms with Gasteiger partial charge in [-0.2, -0.15) is 0 Å². The van der Waals surface area contributed by atoms with Crippen LogP contribution in [-0.2, 0) is 6.42 Å². The molecule has 0 unspecified atom stereocenters. The van der Waals surface area contributed by atoms with Crippen LogP contribution in [-0.4, -0.2) is 16.9 Å². The molecule has 2 aromatic rings. The fraction of sp³-hybridized carbons (Fsp3) is 0.333. The van der Waals surface area contributed by atoms with Crippen molar-refractivity contribution in [3.8, 4) is 0 Å². The number of carbonyl (C=O) groups is 2. The van der Waals surface area contributed by atoms with Gasteiger partial charge in [0.2, 0.25) is 0 Å². The van der Waals surface area contributed by atoms with Crippen molar-refractivity contribution in [3.05, 3.63) is 45.6 Å². The van der Waals surface area contributed by atoms with Crippen LogP contribution in [0.15, 0.2) is 18.2 Å². The molecule has 1 heterocycles. The second-order valence-corrected chi connectivity index (χ2v) is 5.96. The summed E-state index contributed by atoms with van der Waals surface area (Å²) >= 11 is 1.05. The van der Waals surface area contributed by atoms with Crippen LogP contribution >= 0.6 is 11.3 Å². The summed E-state index contributed by atoms with van der Waals surface area (Å²) in [6.07, 6.45) is 0.422. The van der Waals surface area contributed by atoms with Crippen molar-refractivity contribution in [1.29, 1.82) is 0 Å². The molecule has 2 N–H and O–H groups in total. The maximum atomic E-state index is 13.9. The molecule has 2 rings (SSSR count). The molecule has 0 fully saturated rings. The topological polar surface area (TPSA) is 66.4 Å². The molecule has 0 saturated carbocycles. The van der Waals surface area contributed by atoms with E-state index in [9.17, 15) is 19.1 Å². The molecular formula is C18H22FNO3S. The number of hydrogen-bond acceptors (Lipinski definition) is 4. The Labute approximate surface area is 145 Å². The minimum atomic E-state index is -1.13. The minimum absolute atomic E-state index is 0.0395. The summed E-state index contributed by atoms with van der Waals surface area (Å²) in [6, 6.07) is 4.64. The Morgan fingerprint density at radius 3 is 2.38 bits per heavy atom. The maximum Gasteiger partial charge on any atom is 0.339 e. The minimum Gasteiger partial charge on any atom is -0.478 e. The van der Waals surface area contributed by atoms with Crippen LogP contribution in [0.1, 0.15) is 58.9 Å². The lowest BCUT2D eigenvalue weighted by atomic mass is 10.1. The van der Waals surface area contributed by atoms with Gasteiger partial charge in [0.05, 0.1) is 16.1 Å². The number of thiophene rings is 1. The van der Waals surface area contributed by atoms with Crippen molar-refractivity contribution < 1.29 is 19.1 Å². The van der Waals surface area contributed by atoms with Crippen LogP contribution in [0, 0.1) is 12.7 Å². The van der Waals surface area contributed by atoms with Gasteiger partial charge in [-0.15, -0.1) is 11.3 Å². The maximum absolute atomic E-state index is 13.9. The summed E-state index contributed by atoms with van der Waals surface area (Å²) in [5.41, 5.74) is 1.48. The van der Waals surface area contributed by atoms with E-state index in [0.29, 0.717) is 16.9 Å². The Kier molecular flexibility index (Phi) is 7.10. The van der Waals surface area contributed by atoms with Gasteiger partial charge < -0.3 is 10.4 Å². The molecule has 1 aromatic heterocycles. The molecule has 0 aliphatic rings. The zero-order valence-corrected chi connectivity index (χ0v) is 15.3. The third-order valence-electron chi connectivity index (χ3n) is 3.27. The first-order chi connectivity index (χ1) is 11.3. The van der Waals surface area contributed by atoms with Gasteiger partial charge in [-0.3, -0.25) is 4.79 Å². The number of carboxylic acids is 1. The second-order valence-electron chi connectivity index (χ2n) is 4.94. The molecule has 6 heteroatoms. The van der Waals surface area contributed by atoms with Gasteiger partial charge in [0.25, 0.3) is 0 Å². The number of aromatic carboxylic acids is 1. The molecule has 0 radical (unpaired) electrons. The van der Waals surface area contributed by atoms with Crippen molar-refractivity contribution in [2.75, 3.05) is 5.32 Å². The van der Waals surface area contributed by atoms with Crippen molar-refractivity contribution >= 4 is 33.8 Å². The van der Waals surface area contributed by atoms with Gasteiger partial charge >= 0.3 is 5.97 Å². The molecule has 0 aliphatic heterocycles. The predicted octanol–water partition coefficient (Wildman–Crippen LogP) is 5.43. The molecule has 24 heavy (non-hydrogen) atoms. The molecule has 0 spiro atoms. The monoisotopic (exact) mass is 351 g/mol. The highest BCUT2D eigenvalue weighted by Gasteiger charge is 2.24. The fourth-order valence-electron chi connectivity index (χ4n) is 2.24. The van der Waals surface area contributed by atoms with E-state index in [1.807, 2.05) is 13.8 Å². The lowest BCUT2D eigenvalue weighted by Gasteiger charge is -2.08. The third-order valence-corrected chi connectivity index (χ3v) is 4.52. The summed E-state index contributed by atoms with van der Waals surface area (Å²) < 4.78 is 13.9. The zero-order valence-electron chi connectivity index (χ0n) is 14.5. The van der Waals surface area contributed by atoms with Crippen molar-refractivity contribution in [1.82, 2.24) is 0 Å². The Hall–Kier alpha value is -2.21. The Bertz CT molecular complexity index is 753. The van der Waals surface area contributed by atoms with E-state index < -0.39 is 11.8 Å². The van der Waals surface area contributed by atoms with Gasteiger partial charge in [-0.05, 0) is 43.5 Å². The molecule has 130 valence electrons. The van der Waals surface area contributed by atoms with E-state index in [1.165, 1.54) is 13.0 Å². The van der Waals surface area contributed by atoms with E-state index in [1.54, 1.807) is 26.0 Å². The number of aryl methyl sites for hydroxylation is 1. The lowest BCUT2D eigenvalue weighted by molar-refractivity contribution is 0.0697. The summed E-state index contributed by atoms with van der Waals surface area (Å²) in [4.78, 5) is 23.6.